The van der Waals surface area contributed by atoms with Gasteiger partial charge in [0.05, 0.1) is 6.20 Å². The number of nitrogens with zero attached hydrogens (tertiary/aromatic N) is 6. The number of piperazine rings is 1. The van der Waals surface area contributed by atoms with Crippen LogP contribution in [0.1, 0.15) is 38.4 Å². The first kappa shape index (κ1) is 23.0. The third kappa shape index (κ3) is 4.91. The summed E-state index contributed by atoms with van der Waals surface area (Å²) in [5, 5.41) is 23.0. The number of nitrogens with one attached hydrogen (secondary N) is 1. The van der Waals surface area contributed by atoms with Crippen molar-refractivity contribution in [3.63, 3.8) is 0 Å². The van der Waals surface area contributed by atoms with E-state index in [1.165, 1.54) is 47.8 Å². The van der Waals surface area contributed by atoms with E-state index in [2.05, 4.69) is 25.3 Å². The maximum Gasteiger partial charge on any atom is 0.274 e. The van der Waals surface area contributed by atoms with Crippen molar-refractivity contribution >= 4 is 11.8 Å². The number of hydrogen-bond acceptors (Lipinski definition) is 9. The lowest BCUT2D eigenvalue weighted by Crippen LogP contribution is -2.50. The molecule has 1 atom stereocenters. The number of rotatable bonds is 5. The first-order chi connectivity index (χ1) is 16.3. The van der Waals surface area contributed by atoms with Gasteiger partial charge in [0.15, 0.2) is 11.5 Å². The zero-order valence-electron chi connectivity index (χ0n) is 18.2. The number of aromatic nitrogens is 4. The van der Waals surface area contributed by atoms with Gasteiger partial charge in [0.1, 0.15) is 17.6 Å². The van der Waals surface area contributed by atoms with Crippen LogP contribution in [0.4, 0.5) is 4.39 Å². The second-order valence-corrected chi connectivity index (χ2v) is 7.78. The summed E-state index contributed by atoms with van der Waals surface area (Å²) in [5.74, 6) is -3.14. The monoisotopic (exact) mass is 467 g/mol. The van der Waals surface area contributed by atoms with E-state index in [9.17, 15) is 24.2 Å². The predicted molar refractivity (Wildman–Crippen MR) is 116 cm³/mol. The van der Waals surface area contributed by atoms with Crippen molar-refractivity contribution in [2.45, 2.75) is 12.6 Å². The van der Waals surface area contributed by atoms with Crippen LogP contribution in [-0.2, 0) is 6.54 Å². The molecule has 11 nitrogen and oxygen atoms in total. The third-order valence-electron chi connectivity index (χ3n) is 5.39. The van der Waals surface area contributed by atoms with Crippen molar-refractivity contribution in [2.24, 2.45) is 0 Å². The molecule has 3 heterocycles. The summed E-state index contributed by atoms with van der Waals surface area (Å²) in [6.07, 6.45) is 4.21. The second kappa shape index (κ2) is 9.75. The van der Waals surface area contributed by atoms with Crippen LogP contribution in [0.2, 0.25) is 0 Å². The zero-order valence-corrected chi connectivity index (χ0v) is 18.2. The van der Waals surface area contributed by atoms with Gasteiger partial charge in [-0.1, -0.05) is 12.1 Å². The molecule has 1 aliphatic heterocycles. The Morgan fingerprint density at radius 1 is 1.15 bits per heavy atom. The number of carbonyl (C=O) groups is 2. The Balaban J connectivity index is 1.61. The molecule has 4 rings (SSSR count). The minimum Gasteiger partial charge on any atom is -0.501 e. The zero-order chi connectivity index (χ0) is 24.2. The number of hydrogen-bond donors (Lipinski definition) is 3. The highest BCUT2D eigenvalue weighted by Crippen LogP contribution is 2.31. The first-order valence-corrected chi connectivity index (χ1v) is 10.4. The van der Waals surface area contributed by atoms with E-state index in [0.717, 1.165) is 0 Å². The molecule has 2 aromatic heterocycles. The van der Waals surface area contributed by atoms with E-state index in [-0.39, 0.29) is 18.1 Å². The molecule has 176 valence electrons. The van der Waals surface area contributed by atoms with Gasteiger partial charge in [-0.2, -0.15) is 4.98 Å². The van der Waals surface area contributed by atoms with Crippen LogP contribution in [0.15, 0.2) is 42.9 Å². The highest BCUT2D eigenvalue weighted by molar-refractivity contribution is 5.95. The van der Waals surface area contributed by atoms with E-state index >= 15 is 0 Å². The van der Waals surface area contributed by atoms with Crippen LogP contribution in [0, 0.1) is 5.82 Å². The summed E-state index contributed by atoms with van der Waals surface area (Å²) in [6.45, 7) is 1.28. The molecule has 0 saturated carbocycles. The van der Waals surface area contributed by atoms with Crippen LogP contribution in [0.5, 0.6) is 11.6 Å². The number of aromatic hydroxyl groups is 2. The van der Waals surface area contributed by atoms with Crippen LogP contribution in [0.3, 0.4) is 0 Å². The lowest BCUT2D eigenvalue weighted by molar-refractivity contribution is 0.0473. The van der Waals surface area contributed by atoms with E-state index in [1.54, 1.807) is 0 Å². The fourth-order valence-electron chi connectivity index (χ4n) is 3.58. The van der Waals surface area contributed by atoms with Gasteiger partial charge in [-0.3, -0.25) is 14.6 Å². The Morgan fingerprint density at radius 2 is 1.91 bits per heavy atom. The Hall–Kier alpha value is -4.19. The molecular weight excluding hydrogens is 445 g/mol. The number of amides is 2. The standard InChI is InChI=1S/C22H22FN7O4/c1-29-8-9-30(22(34)15-11-24-6-7-25-15)16(12-29)19-27-17(18(31)21(33)28-19)20(32)26-10-13-2-4-14(23)5-3-13/h2-7,11,16,31H,8-10,12H2,1H3,(H,26,32)(H,27,28,33). The maximum atomic E-state index is 13.1. The maximum absolute atomic E-state index is 13.1. The highest BCUT2D eigenvalue weighted by Gasteiger charge is 2.35. The quantitative estimate of drug-likeness (QED) is 0.498. The molecule has 34 heavy (non-hydrogen) atoms. The molecule has 0 aliphatic carbocycles. The molecule has 0 bridgehead atoms. The van der Waals surface area contributed by atoms with Crippen molar-refractivity contribution in [2.75, 3.05) is 26.7 Å². The SMILES string of the molecule is CN1CCN(C(=O)c2cnccn2)C(c2nc(O)c(O)c(C(=O)NCc3ccc(F)cc3)n2)C1. The van der Waals surface area contributed by atoms with Gasteiger partial charge in [0, 0.05) is 38.6 Å². The molecule has 1 aromatic carbocycles. The number of halogens is 1. The topological polar surface area (TPSA) is 145 Å². The Labute approximate surface area is 193 Å². The summed E-state index contributed by atoms with van der Waals surface area (Å²) in [6, 6.07) is 4.81. The van der Waals surface area contributed by atoms with Gasteiger partial charge in [-0.25, -0.2) is 14.4 Å². The van der Waals surface area contributed by atoms with Crippen LogP contribution < -0.4 is 5.32 Å². The molecule has 1 aliphatic rings. The molecular formula is C22H22FN7O4. The van der Waals surface area contributed by atoms with Crippen molar-refractivity contribution in [1.82, 2.24) is 35.1 Å². The Bertz CT molecular complexity index is 1190. The lowest BCUT2D eigenvalue weighted by atomic mass is 10.1. The van der Waals surface area contributed by atoms with Crippen molar-refractivity contribution in [1.29, 1.82) is 0 Å². The summed E-state index contributed by atoms with van der Waals surface area (Å²) in [7, 11) is 1.85. The van der Waals surface area contributed by atoms with E-state index in [4.69, 9.17) is 0 Å². The number of carbonyl (C=O) groups excluding carboxylic acids is 2. The molecule has 3 aromatic rings. The van der Waals surface area contributed by atoms with E-state index < -0.39 is 41.0 Å². The van der Waals surface area contributed by atoms with Crippen LogP contribution in [-0.4, -0.2) is 78.4 Å². The Kier molecular flexibility index (Phi) is 6.59. The average molecular weight is 467 g/mol. The molecule has 3 N–H and O–H groups in total. The van der Waals surface area contributed by atoms with Crippen molar-refractivity contribution < 1.29 is 24.2 Å². The second-order valence-electron chi connectivity index (χ2n) is 7.78. The summed E-state index contributed by atoms with van der Waals surface area (Å²) in [5.41, 5.74) is 0.324. The van der Waals surface area contributed by atoms with E-state index in [0.29, 0.717) is 25.2 Å². The predicted octanol–water partition coefficient (Wildman–Crippen LogP) is 0.876. The minimum atomic E-state index is -0.781. The molecule has 1 fully saturated rings. The molecule has 1 unspecified atom stereocenters. The fraction of sp³-hybridized carbons (Fsp3) is 0.273. The number of benzene rings is 1. The molecule has 0 spiro atoms. The minimum absolute atomic E-state index is 0.00831. The Morgan fingerprint density at radius 3 is 2.62 bits per heavy atom. The summed E-state index contributed by atoms with van der Waals surface area (Å²) in [4.78, 5) is 45.4. The smallest absolute Gasteiger partial charge is 0.274 e. The molecule has 12 heteroatoms. The van der Waals surface area contributed by atoms with Crippen molar-refractivity contribution in [3.8, 4) is 11.6 Å². The van der Waals surface area contributed by atoms with Gasteiger partial charge in [-0.05, 0) is 24.7 Å². The molecule has 1 saturated heterocycles. The van der Waals surface area contributed by atoms with Gasteiger partial charge in [-0.15, -0.1) is 0 Å². The van der Waals surface area contributed by atoms with Crippen LogP contribution in [0.25, 0.3) is 0 Å². The summed E-state index contributed by atoms with van der Waals surface area (Å²) >= 11 is 0. The van der Waals surface area contributed by atoms with Gasteiger partial charge in [0.2, 0.25) is 5.75 Å². The van der Waals surface area contributed by atoms with Gasteiger partial charge >= 0.3 is 0 Å². The van der Waals surface area contributed by atoms with Gasteiger partial charge < -0.3 is 25.3 Å². The van der Waals surface area contributed by atoms with Crippen LogP contribution >= 0.6 is 0 Å². The fourth-order valence-corrected chi connectivity index (χ4v) is 3.58. The lowest BCUT2D eigenvalue weighted by Gasteiger charge is -2.39. The van der Waals surface area contributed by atoms with Crippen molar-refractivity contribution in [3.05, 3.63) is 71.4 Å². The average Bonchev–Trinajstić information content (AvgIpc) is 2.85. The first-order valence-electron chi connectivity index (χ1n) is 10.4. The summed E-state index contributed by atoms with van der Waals surface area (Å²) < 4.78 is 13.1. The van der Waals surface area contributed by atoms with E-state index in [1.807, 2.05) is 11.9 Å². The third-order valence-corrected chi connectivity index (χ3v) is 5.39. The van der Waals surface area contributed by atoms with Gasteiger partial charge in [0.25, 0.3) is 17.7 Å². The normalized spacial score (nSPS) is 16.3. The number of likely N-dealkylation sites (N-methyl/N-ethyl adjacent to an activating group) is 1. The molecule has 0 radical (unpaired) electrons. The molecule has 2 amide bonds. The largest absolute Gasteiger partial charge is 0.501 e. The highest BCUT2D eigenvalue weighted by atomic mass is 19.1.